The number of benzene rings is 1. The Morgan fingerprint density at radius 1 is 1.25 bits per heavy atom. The van der Waals surface area contributed by atoms with E-state index in [1.54, 1.807) is 0 Å². The van der Waals surface area contributed by atoms with Gasteiger partial charge in [-0.05, 0) is 43.7 Å². The lowest BCUT2D eigenvalue weighted by Gasteiger charge is -2.33. The van der Waals surface area contributed by atoms with Crippen molar-refractivity contribution >= 4 is 5.91 Å². The van der Waals surface area contributed by atoms with Crippen LogP contribution in [0, 0.1) is 5.92 Å². The zero-order valence-electron chi connectivity index (χ0n) is 15.0. The highest BCUT2D eigenvalue weighted by atomic mass is 16.2. The van der Waals surface area contributed by atoms with Gasteiger partial charge in [0.25, 0.3) is 0 Å². The van der Waals surface area contributed by atoms with Crippen molar-refractivity contribution in [1.29, 1.82) is 0 Å². The van der Waals surface area contributed by atoms with Gasteiger partial charge in [-0.25, -0.2) is 0 Å². The second kappa shape index (κ2) is 7.66. The predicted molar refractivity (Wildman–Crippen MR) is 97.4 cm³/mol. The molecule has 2 aliphatic rings. The zero-order valence-corrected chi connectivity index (χ0v) is 15.0. The van der Waals surface area contributed by atoms with Crippen LogP contribution in [-0.2, 0) is 11.3 Å². The Bertz CT molecular complexity index is 541. The molecule has 0 radical (unpaired) electrons. The first-order chi connectivity index (χ1) is 11.6. The summed E-state index contributed by atoms with van der Waals surface area (Å²) in [5, 5.41) is 0. The monoisotopic (exact) mass is 329 g/mol. The van der Waals surface area contributed by atoms with Crippen molar-refractivity contribution in [2.75, 3.05) is 13.1 Å². The van der Waals surface area contributed by atoms with Crippen LogP contribution >= 0.6 is 0 Å². The molecule has 1 aromatic rings. The fourth-order valence-corrected chi connectivity index (χ4v) is 3.64. The molecule has 1 aliphatic heterocycles. The molecule has 0 bridgehead atoms. The minimum Gasteiger partial charge on any atom is -0.337 e. The van der Waals surface area contributed by atoms with Crippen LogP contribution < -0.4 is 5.73 Å². The van der Waals surface area contributed by atoms with E-state index < -0.39 is 0 Å². The Morgan fingerprint density at radius 3 is 2.58 bits per heavy atom. The molecule has 4 nitrogen and oxygen atoms in total. The minimum absolute atomic E-state index is 0.152. The van der Waals surface area contributed by atoms with Gasteiger partial charge in [-0.2, -0.15) is 0 Å². The average molecular weight is 329 g/mol. The highest BCUT2D eigenvalue weighted by molar-refractivity contribution is 5.82. The molecule has 2 N–H and O–H groups in total. The Labute approximate surface area is 146 Å². The standard InChI is InChI=1S/C20H31N3O/c1-15(2)19(21)20(24)23(17-10-11-17)14-18-9-6-12-22(18)13-16-7-4-3-5-8-16/h3-5,7-8,15,17-19H,6,9-14,21H2,1-2H3/t18-,19?/m0/s1. The number of nitrogens with zero attached hydrogens (tertiary/aromatic N) is 2. The van der Waals surface area contributed by atoms with Gasteiger partial charge in [0.05, 0.1) is 6.04 Å². The van der Waals surface area contributed by atoms with Crippen molar-refractivity contribution in [3.63, 3.8) is 0 Å². The van der Waals surface area contributed by atoms with Crippen molar-refractivity contribution in [3.8, 4) is 0 Å². The topological polar surface area (TPSA) is 49.6 Å². The van der Waals surface area contributed by atoms with Crippen molar-refractivity contribution in [2.24, 2.45) is 11.7 Å². The van der Waals surface area contributed by atoms with E-state index in [1.807, 2.05) is 13.8 Å². The van der Waals surface area contributed by atoms with Crippen molar-refractivity contribution in [2.45, 2.75) is 64.2 Å². The molecule has 1 aliphatic carbocycles. The van der Waals surface area contributed by atoms with Crippen molar-refractivity contribution in [1.82, 2.24) is 9.80 Å². The molecule has 3 rings (SSSR count). The first-order valence-electron chi connectivity index (χ1n) is 9.40. The number of likely N-dealkylation sites (tertiary alicyclic amines) is 1. The number of rotatable bonds is 7. The maximum Gasteiger partial charge on any atom is 0.240 e. The molecule has 4 heteroatoms. The van der Waals surface area contributed by atoms with Gasteiger partial charge in [-0.1, -0.05) is 44.2 Å². The molecular weight excluding hydrogens is 298 g/mol. The van der Waals surface area contributed by atoms with Crippen molar-refractivity contribution in [3.05, 3.63) is 35.9 Å². The summed E-state index contributed by atoms with van der Waals surface area (Å²) in [5.41, 5.74) is 7.51. The molecule has 1 saturated carbocycles. The Hall–Kier alpha value is -1.39. The van der Waals surface area contributed by atoms with Gasteiger partial charge in [-0.15, -0.1) is 0 Å². The summed E-state index contributed by atoms with van der Waals surface area (Å²) in [6.45, 7) is 7.02. The smallest absolute Gasteiger partial charge is 0.240 e. The van der Waals surface area contributed by atoms with Crippen LogP contribution in [-0.4, -0.2) is 46.9 Å². The first kappa shape index (κ1) is 17.4. The van der Waals surface area contributed by atoms with E-state index in [4.69, 9.17) is 5.73 Å². The second-order valence-corrected chi connectivity index (χ2v) is 7.74. The predicted octanol–water partition coefficient (Wildman–Crippen LogP) is 2.63. The maximum absolute atomic E-state index is 12.8. The third kappa shape index (κ3) is 4.17. The van der Waals surface area contributed by atoms with E-state index in [2.05, 4.69) is 40.1 Å². The van der Waals surface area contributed by atoms with Crippen LogP contribution in [0.2, 0.25) is 0 Å². The summed E-state index contributed by atoms with van der Waals surface area (Å²) >= 11 is 0. The fraction of sp³-hybridized carbons (Fsp3) is 0.650. The average Bonchev–Trinajstić information content (AvgIpc) is 3.33. The molecule has 132 valence electrons. The van der Waals surface area contributed by atoms with Gasteiger partial charge in [0.1, 0.15) is 0 Å². The Kier molecular flexibility index (Phi) is 5.57. The summed E-state index contributed by atoms with van der Waals surface area (Å²) in [7, 11) is 0. The molecule has 0 aromatic heterocycles. The summed E-state index contributed by atoms with van der Waals surface area (Å²) in [5.74, 6) is 0.349. The van der Waals surface area contributed by atoms with Crippen molar-refractivity contribution < 1.29 is 4.79 Å². The first-order valence-corrected chi connectivity index (χ1v) is 9.40. The molecule has 2 fully saturated rings. The van der Waals surface area contributed by atoms with Crippen LogP contribution in [0.1, 0.15) is 45.1 Å². The summed E-state index contributed by atoms with van der Waals surface area (Å²) in [4.78, 5) is 17.4. The van der Waals surface area contributed by atoms with E-state index in [9.17, 15) is 4.79 Å². The van der Waals surface area contributed by atoms with Crippen LogP contribution in [0.25, 0.3) is 0 Å². The molecular formula is C20H31N3O. The van der Waals surface area contributed by atoms with Gasteiger partial charge in [0, 0.05) is 25.2 Å². The quantitative estimate of drug-likeness (QED) is 0.836. The maximum atomic E-state index is 12.8. The third-order valence-electron chi connectivity index (χ3n) is 5.41. The Morgan fingerprint density at radius 2 is 1.96 bits per heavy atom. The molecule has 24 heavy (non-hydrogen) atoms. The molecule has 2 atom stereocenters. The van der Waals surface area contributed by atoms with Gasteiger partial charge in [-0.3, -0.25) is 9.69 Å². The van der Waals surface area contributed by atoms with Gasteiger partial charge in [0.2, 0.25) is 5.91 Å². The number of amides is 1. The van der Waals surface area contributed by atoms with Crippen LogP contribution in [0.5, 0.6) is 0 Å². The lowest BCUT2D eigenvalue weighted by Crippen LogP contribution is -2.51. The highest BCUT2D eigenvalue weighted by Crippen LogP contribution is 2.30. The van der Waals surface area contributed by atoms with E-state index in [1.165, 1.54) is 18.4 Å². The third-order valence-corrected chi connectivity index (χ3v) is 5.41. The molecule has 1 heterocycles. The number of hydrogen-bond acceptors (Lipinski definition) is 3. The summed E-state index contributed by atoms with van der Waals surface area (Å²) in [6, 6.07) is 11.2. The fourth-order valence-electron chi connectivity index (χ4n) is 3.64. The number of carbonyl (C=O) groups excluding carboxylic acids is 1. The van der Waals surface area contributed by atoms with E-state index in [-0.39, 0.29) is 17.9 Å². The summed E-state index contributed by atoms with van der Waals surface area (Å²) < 4.78 is 0. The lowest BCUT2D eigenvalue weighted by molar-refractivity contribution is -0.135. The van der Waals surface area contributed by atoms with Gasteiger partial charge < -0.3 is 10.6 Å². The van der Waals surface area contributed by atoms with Crippen LogP contribution in [0.4, 0.5) is 0 Å². The summed E-state index contributed by atoms with van der Waals surface area (Å²) in [6.07, 6.45) is 4.69. The van der Waals surface area contributed by atoms with Crippen LogP contribution in [0.15, 0.2) is 30.3 Å². The SMILES string of the molecule is CC(C)C(N)C(=O)N(C[C@@H]1CCCN1Cc1ccccc1)C1CC1. The second-order valence-electron chi connectivity index (χ2n) is 7.74. The van der Waals surface area contributed by atoms with Crippen LogP contribution in [0.3, 0.4) is 0 Å². The van der Waals surface area contributed by atoms with Gasteiger partial charge >= 0.3 is 0 Å². The zero-order chi connectivity index (χ0) is 17.1. The largest absolute Gasteiger partial charge is 0.337 e. The Balaban J connectivity index is 1.64. The number of hydrogen-bond donors (Lipinski definition) is 1. The van der Waals surface area contributed by atoms with Gasteiger partial charge in [0.15, 0.2) is 0 Å². The molecule has 1 unspecified atom stereocenters. The molecule has 1 saturated heterocycles. The van der Waals surface area contributed by atoms with E-state index >= 15 is 0 Å². The number of carbonyl (C=O) groups is 1. The number of nitrogens with two attached hydrogens (primary N) is 1. The lowest BCUT2D eigenvalue weighted by atomic mass is 10.0. The highest BCUT2D eigenvalue weighted by Gasteiger charge is 2.38. The molecule has 1 amide bonds. The normalized spacial score (nSPS) is 22.8. The van der Waals surface area contributed by atoms with E-state index in [0.717, 1.165) is 32.5 Å². The molecule has 1 aromatic carbocycles. The molecule has 0 spiro atoms. The minimum atomic E-state index is -0.366. The van der Waals surface area contributed by atoms with E-state index in [0.29, 0.717) is 12.1 Å².